The van der Waals surface area contributed by atoms with Gasteiger partial charge in [0.15, 0.2) is 0 Å². The van der Waals surface area contributed by atoms with Gasteiger partial charge in [0.1, 0.15) is 0 Å². The minimum absolute atomic E-state index is 0.744. The molecule has 0 rings (SSSR count). The van der Waals surface area contributed by atoms with Crippen LogP contribution in [0.4, 0.5) is 0 Å². The van der Waals surface area contributed by atoms with Gasteiger partial charge in [0.25, 0.3) is 0 Å². The van der Waals surface area contributed by atoms with Crippen molar-refractivity contribution >= 4 is 0 Å². The minimum Gasteiger partial charge on any atom is -0.384 e. The third kappa shape index (κ3) is 15.7. The zero-order chi connectivity index (χ0) is 24.2. The number of rotatable bonds is 23. The highest BCUT2D eigenvalue weighted by atomic mass is 16.5. The van der Waals surface area contributed by atoms with Gasteiger partial charge in [-0.05, 0) is 48.3 Å². The first-order valence-electron chi connectivity index (χ1n) is 14.9. The van der Waals surface area contributed by atoms with Crippen molar-refractivity contribution in [2.45, 2.75) is 151 Å². The average molecular weight is 453 g/mol. The smallest absolute Gasteiger partial charge is 0.0493 e. The highest BCUT2D eigenvalue weighted by Crippen LogP contribution is 2.33. The van der Waals surface area contributed by atoms with Crippen LogP contribution in [-0.4, -0.2) is 13.7 Å². The summed E-state index contributed by atoms with van der Waals surface area (Å²) in [5.74, 6) is 5.06. The van der Waals surface area contributed by atoms with Crippen LogP contribution in [0, 0.1) is 35.5 Å². The SMILES string of the molecule is CCCCCCCC(CCCCC(COC)C(C)C(CC)CCCCC)CC(C)C(C)C. The largest absolute Gasteiger partial charge is 0.384 e. The van der Waals surface area contributed by atoms with Crippen LogP contribution in [0.3, 0.4) is 0 Å². The molecule has 0 aromatic rings. The van der Waals surface area contributed by atoms with Gasteiger partial charge in [0.2, 0.25) is 0 Å². The second-order valence-corrected chi connectivity index (χ2v) is 11.5. The molecule has 0 bridgehead atoms. The fourth-order valence-corrected chi connectivity index (χ4v) is 5.65. The lowest BCUT2D eigenvalue weighted by atomic mass is 9.76. The Balaban J connectivity index is 4.58. The molecule has 0 radical (unpaired) electrons. The van der Waals surface area contributed by atoms with Gasteiger partial charge in [-0.25, -0.2) is 0 Å². The Morgan fingerprint density at radius 1 is 0.594 bits per heavy atom. The van der Waals surface area contributed by atoms with Crippen molar-refractivity contribution in [2.24, 2.45) is 35.5 Å². The summed E-state index contributed by atoms with van der Waals surface area (Å²) in [7, 11) is 1.90. The number of unbranched alkanes of at least 4 members (excludes halogenated alkanes) is 7. The highest BCUT2D eigenvalue weighted by molar-refractivity contribution is 4.74. The van der Waals surface area contributed by atoms with Gasteiger partial charge in [-0.2, -0.15) is 0 Å². The van der Waals surface area contributed by atoms with E-state index in [-0.39, 0.29) is 0 Å². The van der Waals surface area contributed by atoms with Crippen LogP contribution in [0.25, 0.3) is 0 Å². The van der Waals surface area contributed by atoms with Crippen molar-refractivity contribution < 1.29 is 4.74 Å². The molecule has 0 spiro atoms. The van der Waals surface area contributed by atoms with E-state index in [1.807, 2.05) is 7.11 Å². The molecule has 0 aliphatic heterocycles. The second-order valence-electron chi connectivity index (χ2n) is 11.5. The van der Waals surface area contributed by atoms with Gasteiger partial charge < -0.3 is 4.74 Å². The zero-order valence-corrected chi connectivity index (χ0v) is 23.9. The van der Waals surface area contributed by atoms with Gasteiger partial charge >= 0.3 is 0 Å². The van der Waals surface area contributed by atoms with Crippen molar-refractivity contribution in [3.63, 3.8) is 0 Å². The van der Waals surface area contributed by atoms with E-state index in [2.05, 4.69) is 48.5 Å². The first-order chi connectivity index (χ1) is 15.4. The van der Waals surface area contributed by atoms with Gasteiger partial charge in [-0.1, -0.05) is 138 Å². The number of hydrogen-bond acceptors (Lipinski definition) is 1. The minimum atomic E-state index is 0.744. The third-order valence-corrected chi connectivity index (χ3v) is 8.57. The molecule has 1 heteroatoms. The maximum atomic E-state index is 5.69. The summed E-state index contributed by atoms with van der Waals surface area (Å²) < 4.78 is 5.69. The molecule has 0 N–H and O–H groups in total. The van der Waals surface area contributed by atoms with Crippen LogP contribution < -0.4 is 0 Å². The molecule has 5 unspecified atom stereocenters. The molecular weight excluding hydrogens is 388 g/mol. The number of ether oxygens (including phenoxy) is 1. The quantitative estimate of drug-likeness (QED) is 0.140. The first-order valence-corrected chi connectivity index (χ1v) is 14.9. The van der Waals surface area contributed by atoms with Gasteiger partial charge in [0.05, 0.1) is 0 Å². The van der Waals surface area contributed by atoms with E-state index in [1.54, 1.807) is 0 Å². The first kappa shape index (κ1) is 32.0. The standard InChI is InChI=1S/C31H64O/c1-9-12-14-15-17-20-29(24-27(6)26(4)5)21-18-19-23-31(25-32-8)28(7)30(11-3)22-16-13-10-2/h26-31H,9-25H2,1-8H3. The molecule has 32 heavy (non-hydrogen) atoms. The molecule has 0 fully saturated rings. The molecule has 1 nitrogen and oxygen atoms in total. The van der Waals surface area contributed by atoms with Crippen LogP contribution in [0.1, 0.15) is 151 Å². The summed E-state index contributed by atoms with van der Waals surface area (Å²) in [5, 5.41) is 0. The normalized spacial score (nSPS) is 16.8. The van der Waals surface area contributed by atoms with E-state index in [0.29, 0.717) is 0 Å². The summed E-state index contributed by atoms with van der Waals surface area (Å²) in [5.41, 5.74) is 0. The number of methoxy groups -OCH3 is 1. The molecule has 194 valence electrons. The highest BCUT2D eigenvalue weighted by Gasteiger charge is 2.24. The second kappa shape index (κ2) is 21.5. The summed E-state index contributed by atoms with van der Waals surface area (Å²) >= 11 is 0. The summed E-state index contributed by atoms with van der Waals surface area (Å²) in [6.45, 7) is 17.8. The van der Waals surface area contributed by atoms with Gasteiger partial charge in [0, 0.05) is 13.7 Å². The predicted molar refractivity (Wildman–Crippen MR) is 146 cm³/mol. The van der Waals surface area contributed by atoms with Crippen LogP contribution in [0.2, 0.25) is 0 Å². The predicted octanol–water partition coefficient (Wildman–Crippen LogP) is 10.7. The Bertz CT molecular complexity index is 377. The maximum Gasteiger partial charge on any atom is 0.0493 e. The molecule has 0 aliphatic rings. The van der Waals surface area contributed by atoms with Crippen LogP contribution in [0.15, 0.2) is 0 Å². The van der Waals surface area contributed by atoms with E-state index in [0.717, 1.165) is 42.1 Å². The Morgan fingerprint density at radius 2 is 1.09 bits per heavy atom. The van der Waals surface area contributed by atoms with Crippen LogP contribution in [0.5, 0.6) is 0 Å². The molecule has 0 aromatic carbocycles. The topological polar surface area (TPSA) is 9.23 Å². The molecule has 0 amide bonds. The van der Waals surface area contributed by atoms with E-state index in [4.69, 9.17) is 4.74 Å². The molecule has 0 aliphatic carbocycles. The van der Waals surface area contributed by atoms with E-state index < -0.39 is 0 Å². The van der Waals surface area contributed by atoms with Crippen molar-refractivity contribution in [1.82, 2.24) is 0 Å². The molecule has 0 saturated carbocycles. The maximum absolute atomic E-state index is 5.69. The van der Waals surface area contributed by atoms with Crippen molar-refractivity contribution in [1.29, 1.82) is 0 Å². The average Bonchev–Trinajstić information content (AvgIpc) is 2.77. The number of hydrogen-bond donors (Lipinski definition) is 0. The van der Waals surface area contributed by atoms with Crippen molar-refractivity contribution in [2.75, 3.05) is 13.7 Å². The monoisotopic (exact) mass is 452 g/mol. The molecule has 0 aromatic heterocycles. The Kier molecular flexibility index (Phi) is 21.5. The molecule has 0 heterocycles. The van der Waals surface area contributed by atoms with E-state index in [1.165, 1.54) is 103 Å². The van der Waals surface area contributed by atoms with Gasteiger partial charge in [-0.3, -0.25) is 0 Å². The Labute approximate surface area is 205 Å². The Hall–Kier alpha value is -0.0400. The van der Waals surface area contributed by atoms with Gasteiger partial charge in [-0.15, -0.1) is 0 Å². The lowest BCUT2D eigenvalue weighted by Crippen LogP contribution is -2.24. The lowest BCUT2D eigenvalue weighted by Gasteiger charge is -2.31. The Morgan fingerprint density at radius 3 is 1.66 bits per heavy atom. The van der Waals surface area contributed by atoms with E-state index in [9.17, 15) is 0 Å². The van der Waals surface area contributed by atoms with Crippen molar-refractivity contribution in [3.05, 3.63) is 0 Å². The molecule has 5 atom stereocenters. The summed E-state index contributed by atoms with van der Waals surface area (Å²) in [6, 6.07) is 0. The summed E-state index contributed by atoms with van der Waals surface area (Å²) in [6.07, 6.45) is 22.5. The van der Waals surface area contributed by atoms with Crippen molar-refractivity contribution in [3.8, 4) is 0 Å². The van der Waals surface area contributed by atoms with Crippen LogP contribution in [-0.2, 0) is 4.74 Å². The zero-order valence-electron chi connectivity index (χ0n) is 23.9. The van der Waals surface area contributed by atoms with E-state index >= 15 is 0 Å². The lowest BCUT2D eigenvalue weighted by molar-refractivity contribution is 0.0907. The third-order valence-electron chi connectivity index (χ3n) is 8.57. The molecular formula is C31H64O. The fourth-order valence-electron chi connectivity index (χ4n) is 5.65. The fraction of sp³-hybridized carbons (Fsp3) is 1.00. The van der Waals surface area contributed by atoms with Crippen LogP contribution >= 0.6 is 0 Å². The molecule has 0 saturated heterocycles. The summed E-state index contributed by atoms with van der Waals surface area (Å²) in [4.78, 5) is 0.